The molecule has 1 unspecified atom stereocenters. The number of hydrogen-bond acceptors (Lipinski definition) is 4. The molecule has 1 atom stereocenters. The number of amidine groups is 1. The summed E-state index contributed by atoms with van der Waals surface area (Å²) >= 11 is 0. The zero-order valence-electron chi connectivity index (χ0n) is 19.5. The van der Waals surface area contributed by atoms with Crippen LogP contribution in [-0.2, 0) is 5.54 Å². The van der Waals surface area contributed by atoms with Gasteiger partial charge in [-0.05, 0) is 42.0 Å². The molecule has 1 heterocycles. The first kappa shape index (κ1) is 23.4. The molecule has 1 aliphatic heterocycles. The molecular formula is C29H21F3N2O2. The van der Waals surface area contributed by atoms with Gasteiger partial charge in [-0.1, -0.05) is 54.6 Å². The molecule has 7 heteroatoms. The van der Waals surface area contributed by atoms with Gasteiger partial charge < -0.3 is 9.47 Å². The van der Waals surface area contributed by atoms with Crippen molar-refractivity contribution in [1.29, 1.82) is 0 Å². The molecule has 4 aromatic rings. The third kappa shape index (κ3) is 3.73. The first-order valence-electron chi connectivity index (χ1n) is 11.2. The molecule has 0 radical (unpaired) electrons. The van der Waals surface area contributed by atoms with Crippen LogP contribution in [0.15, 0.2) is 101 Å². The minimum absolute atomic E-state index is 0.0180. The van der Waals surface area contributed by atoms with Gasteiger partial charge in [0.15, 0.2) is 22.9 Å². The van der Waals surface area contributed by atoms with Crippen LogP contribution in [0, 0.1) is 17.5 Å². The van der Waals surface area contributed by atoms with Gasteiger partial charge in [0.05, 0.1) is 25.5 Å². The predicted octanol–water partition coefficient (Wildman–Crippen LogP) is 6.31. The van der Waals surface area contributed by atoms with Gasteiger partial charge in [-0.3, -0.25) is 0 Å². The van der Waals surface area contributed by atoms with E-state index >= 15 is 8.78 Å². The van der Waals surface area contributed by atoms with Gasteiger partial charge in [-0.2, -0.15) is 0 Å². The van der Waals surface area contributed by atoms with Crippen molar-refractivity contribution >= 4 is 11.5 Å². The Morgan fingerprint density at radius 1 is 0.639 bits per heavy atom. The third-order valence-electron chi connectivity index (χ3n) is 6.14. The molecule has 0 bridgehead atoms. The third-order valence-corrected chi connectivity index (χ3v) is 6.14. The van der Waals surface area contributed by atoms with Crippen LogP contribution in [0.2, 0.25) is 0 Å². The molecule has 0 aliphatic carbocycles. The molecule has 0 saturated carbocycles. The van der Waals surface area contributed by atoms with Gasteiger partial charge in [0.25, 0.3) is 0 Å². The minimum atomic E-state index is -1.65. The van der Waals surface area contributed by atoms with Crippen molar-refractivity contribution in [3.8, 4) is 11.5 Å². The Bertz CT molecular complexity index is 1520. The van der Waals surface area contributed by atoms with Crippen molar-refractivity contribution in [2.45, 2.75) is 5.54 Å². The van der Waals surface area contributed by atoms with E-state index in [0.29, 0.717) is 17.1 Å². The first-order valence-corrected chi connectivity index (χ1v) is 11.2. The number of ether oxygens (including phenoxy) is 2. The molecule has 4 aromatic carbocycles. The zero-order chi connectivity index (χ0) is 25.3. The summed E-state index contributed by atoms with van der Waals surface area (Å²) in [7, 11) is 2.98. The van der Waals surface area contributed by atoms with Gasteiger partial charge in [0.1, 0.15) is 17.5 Å². The minimum Gasteiger partial charge on any atom is -0.493 e. The lowest BCUT2D eigenvalue weighted by Crippen LogP contribution is -2.35. The molecule has 0 spiro atoms. The van der Waals surface area contributed by atoms with Gasteiger partial charge in [0, 0.05) is 11.1 Å². The summed E-state index contributed by atoms with van der Waals surface area (Å²) in [6, 6.07) is 23.1. The van der Waals surface area contributed by atoms with E-state index in [-0.39, 0.29) is 28.2 Å². The summed E-state index contributed by atoms with van der Waals surface area (Å²) in [5.41, 5.74) is -0.721. The van der Waals surface area contributed by atoms with Crippen molar-refractivity contribution in [2.24, 2.45) is 9.98 Å². The van der Waals surface area contributed by atoms with Crippen LogP contribution in [0.4, 0.5) is 13.2 Å². The average molecular weight is 486 g/mol. The first-order chi connectivity index (χ1) is 17.5. The lowest BCUT2D eigenvalue weighted by atomic mass is 9.76. The van der Waals surface area contributed by atoms with Gasteiger partial charge in [-0.15, -0.1) is 0 Å². The van der Waals surface area contributed by atoms with E-state index in [9.17, 15) is 4.39 Å². The number of aliphatic imine (C=N–C) groups is 2. The normalized spacial score (nSPS) is 16.9. The van der Waals surface area contributed by atoms with Crippen LogP contribution in [0.1, 0.15) is 22.3 Å². The highest BCUT2D eigenvalue weighted by molar-refractivity contribution is 6.22. The van der Waals surface area contributed by atoms with Gasteiger partial charge in [-0.25, -0.2) is 23.2 Å². The Morgan fingerprint density at radius 3 is 1.83 bits per heavy atom. The monoisotopic (exact) mass is 486 g/mol. The van der Waals surface area contributed by atoms with Crippen LogP contribution in [0.25, 0.3) is 0 Å². The summed E-state index contributed by atoms with van der Waals surface area (Å²) in [5, 5.41) is 0. The Balaban J connectivity index is 1.91. The smallest absolute Gasteiger partial charge is 0.161 e. The highest BCUT2D eigenvalue weighted by Gasteiger charge is 2.47. The predicted molar refractivity (Wildman–Crippen MR) is 133 cm³/mol. The lowest BCUT2D eigenvalue weighted by Gasteiger charge is -2.30. The van der Waals surface area contributed by atoms with Crippen LogP contribution >= 0.6 is 0 Å². The van der Waals surface area contributed by atoms with Crippen molar-refractivity contribution in [2.75, 3.05) is 14.2 Å². The molecule has 4 nitrogen and oxygen atoms in total. The highest BCUT2D eigenvalue weighted by atomic mass is 19.1. The highest BCUT2D eigenvalue weighted by Crippen LogP contribution is 2.45. The summed E-state index contributed by atoms with van der Waals surface area (Å²) in [6.45, 7) is 0. The molecule has 0 fully saturated rings. The number of nitrogens with zero attached hydrogens (tertiary/aromatic N) is 2. The Kier molecular flexibility index (Phi) is 6.06. The van der Waals surface area contributed by atoms with E-state index in [2.05, 4.69) is 4.99 Å². The van der Waals surface area contributed by atoms with Crippen LogP contribution in [0.5, 0.6) is 11.5 Å². The maximum atomic E-state index is 15.6. The van der Waals surface area contributed by atoms with E-state index in [1.165, 1.54) is 38.5 Å². The second-order valence-electron chi connectivity index (χ2n) is 8.12. The molecule has 180 valence electrons. The summed E-state index contributed by atoms with van der Waals surface area (Å²) in [6.07, 6.45) is 0. The van der Waals surface area contributed by atoms with E-state index in [1.54, 1.807) is 66.7 Å². The van der Waals surface area contributed by atoms with Crippen molar-refractivity contribution in [3.63, 3.8) is 0 Å². The van der Waals surface area contributed by atoms with Gasteiger partial charge in [0.2, 0.25) is 0 Å². The van der Waals surface area contributed by atoms with Crippen molar-refractivity contribution in [3.05, 3.63) is 131 Å². The topological polar surface area (TPSA) is 43.2 Å². The fraction of sp³-hybridized carbons (Fsp3) is 0.103. The number of methoxy groups -OCH3 is 2. The molecule has 0 N–H and O–H groups in total. The van der Waals surface area contributed by atoms with Crippen LogP contribution < -0.4 is 9.47 Å². The van der Waals surface area contributed by atoms with E-state index in [0.717, 1.165) is 0 Å². The van der Waals surface area contributed by atoms with Crippen LogP contribution in [-0.4, -0.2) is 25.8 Å². The van der Waals surface area contributed by atoms with E-state index in [1.807, 2.05) is 0 Å². The largest absolute Gasteiger partial charge is 0.493 e. The molecule has 0 amide bonds. The second-order valence-corrected chi connectivity index (χ2v) is 8.12. The van der Waals surface area contributed by atoms with E-state index in [4.69, 9.17) is 14.5 Å². The van der Waals surface area contributed by atoms with Crippen LogP contribution in [0.3, 0.4) is 0 Å². The molecule has 36 heavy (non-hydrogen) atoms. The summed E-state index contributed by atoms with van der Waals surface area (Å²) < 4.78 is 56.5. The standard InChI is InChI=1S/C29H21F3N2O2/c1-35-25-16-15-18(17-26(25)36-2)29(21-11-5-8-14-24(21)32)27(19-9-3-6-12-22(19)30)33-28(34-29)20-10-4-7-13-23(20)31/h3-17H,1-2H3. The Hall–Kier alpha value is -4.39. The van der Waals surface area contributed by atoms with Gasteiger partial charge >= 0.3 is 0 Å². The quantitative estimate of drug-likeness (QED) is 0.320. The molecule has 5 rings (SSSR count). The summed E-state index contributed by atoms with van der Waals surface area (Å²) in [5.74, 6) is -0.857. The Labute approximate surface area is 206 Å². The number of rotatable bonds is 6. The Morgan fingerprint density at radius 2 is 1.22 bits per heavy atom. The SMILES string of the molecule is COc1ccc(C2(c3ccccc3F)N=C(c3ccccc3F)N=C2c2ccccc2F)cc1OC. The molecule has 0 aromatic heterocycles. The second kappa shape index (κ2) is 9.34. The number of benzene rings is 4. The number of halogens is 3. The average Bonchev–Trinajstić information content (AvgIpc) is 3.30. The fourth-order valence-corrected chi connectivity index (χ4v) is 4.46. The molecule has 0 saturated heterocycles. The zero-order valence-corrected chi connectivity index (χ0v) is 19.5. The lowest BCUT2D eigenvalue weighted by molar-refractivity contribution is 0.354. The maximum Gasteiger partial charge on any atom is 0.161 e. The molecule has 1 aliphatic rings. The van der Waals surface area contributed by atoms with Crippen molar-refractivity contribution in [1.82, 2.24) is 0 Å². The maximum absolute atomic E-state index is 15.6. The number of hydrogen-bond donors (Lipinski definition) is 0. The van der Waals surface area contributed by atoms with Crippen molar-refractivity contribution < 1.29 is 22.6 Å². The molecular weight excluding hydrogens is 465 g/mol. The summed E-state index contributed by atoms with van der Waals surface area (Å²) in [4.78, 5) is 9.50. The van der Waals surface area contributed by atoms with E-state index < -0.39 is 23.0 Å². The fourth-order valence-electron chi connectivity index (χ4n) is 4.46.